The maximum Gasteiger partial charge on any atom is 0.142 e. The Kier molecular flexibility index (Phi) is 5.20. The topological polar surface area (TPSA) is 15.7 Å². The summed E-state index contributed by atoms with van der Waals surface area (Å²) in [5.74, 6) is 1.94. The maximum absolute atomic E-state index is 5.70. The minimum atomic E-state index is 0.719. The zero-order valence-electron chi connectivity index (χ0n) is 11.0. The molecule has 0 unspecified atom stereocenters. The van der Waals surface area contributed by atoms with Crippen molar-refractivity contribution < 1.29 is 4.74 Å². The Morgan fingerprint density at radius 3 is 2.56 bits per heavy atom. The summed E-state index contributed by atoms with van der Waals surface area (Å²) in [6, 6.07) is 8.32. The molecule has 1 aliphatic rings. The average molecular weight is 266 g/mol. The van der Waals surface area contributed by atoms with Crippen LogP contribution in [0, 0.1) is 0 Å². The predicted molar refractivity (Wildman–Crippen MR) is 80.1 cm³/mol. The molecule has 18 heavy (non-hydrogen) atoms. The Bertz CT molecular complexity index is 365. The molecule has 0 saturated carbocycles. The molecule has 0 atom stereocenters. The van der Waals surface area contributed by atoms with E-state index in [0.29, 0.717) is 0 Å². The molecule has 0 N–H and O–H groups in total. The summed E-state index contributed by atoms with van der Waals surface area (Å²) in [7, 11) is 0. The van der Waals surface area contributed by atoms with Crippen LogP contribution >= 0.6 is 12.6 Å². The Balaban J connectivity index is 2.00. The van der Waals surface area contributed by atoms with Gasteiger partial charge in [-0.15, -0.1) is 0 Å². The lowest BCUT2D eigenvalue weighted by Gasteiger charge is -2.36. The van der Waals surface area contributed by atoms with Gasteiger partial charge in [-0.2, -0.15) is 12.6 Å². The molecule has 2 rings (SSSR count). The molecule has 0 aliphatic carbocycles. The van der Waals surface area contributed by atoms with E-state index in [1.165, 1.54) is 5.69 Å². The van der Waals surface area contributed by atoms with E-state index in [0.717, 1.165) is 50.8 Å². The van der Waals surface area contributed by atoms with Crippen molar-refractivity contribution >= 4 is 18.3 Å². The summed E-state index contributed by atoms with van der Waals surface area (Å²) >= 11 is 4.29. The first-order valence-corrected chi connectivity index (χ1v) is 7.28. The molecule has 1 saturated heterocycles. The fourth-order valence-corrected chi connectivity index (χ4v) is 2.63. The van der Waals surface area contributed by atoms with Crippen LogP contribution in [0.15, 0.2) is 24.3 Å². The number of para-hydroxylation sites is 2. The Labute approximate surface area is 115 Å². The molecule has 1 aliphatic heterocycles. The SMILES string of the molecule is CCOc1ccccc1N1CCN(CCS)CC1. The molecule has 0 amide bonds. The number of hydrogen-bond donors (Lipinski definition) is 1. The lowest BCUT2D eigenvalue weighted by Crippen LogP contribution is -2.47. The van der Waals surface area contributed by atoms with E-state index in [2.05, 4.69) is 40.6 Å². The van der Waals surface area contributed by atoms with Gasteiger partial charge in [0.25, 0.3) is 0 Å². The van der Waals surface area contributed by atoms with Gasteiger partial charge in [0.05, 0.1) is 12.3 Å². The minimum Gasteiger partial charge on any atom is -0.492 e. The molecule has 1 aromatic rings. The second-order valence-electron chi connectivity index (χ2n) is 4.45. The summed E-state index contributed by atoms with van der Waals surface area (Å²) in [4.78, 5) is 4.88. The van der Waals surface area contributed by atoms with E-state index in [1.54, 1.807) is 0 Å². The van der Waals surface area contributed by atoms with Crippen LogP contribution in [0.4, 0.5) is 5.69 Å². The van der Waals surface area contributed by atoms with Gasteiger partial charge in [0.1, 0.15) is 5.75 Å². The zero-order valence-corrected chi connectivity index (χ0v) is 11.9. The zero-order chi connectivity index (χ0) is 12.8. The number of nitrogens with zero attached hydrogens (tertiary/aromatic N) is 2. The number of piperazine rings is 1. The highest BCUT2D eigenvalue weighted by atomic mass is 32.1. The second-order valence-corrected chi connectivity index (χ2v) is 4.90. The molecule has 0 radical (unpaired) electrons. The maximum atomic E-state index is 5.70. The summed E-state index contributed by atoms with van der Waals surface area (Å²) in [5.41, 5.74) is 1.23. The van der Waals surface area contributed by atoms with E-state index in [4.69, 9.17) is 4.74 Å². The minimum absolute atomic E-state index is 0.719. The first-order valence-electron chi connectivity index (χ1n) is 6.65. The van der Waals surface area contributed by atoms with Crippen molar-refractivity contribution in [3.63, 3.8) is 0 Å². The summed E-state index contributed by atoms with van der Waals surface area (Å²) in [6.45, 7) is 8.19. The molecular weight excluding hydrogens is 244 g/mol. The summed E-state index contributed by atoms with van der Waals surface area (Å²) < 4.78 is 5.70. The first-order chi connectivity index (χ1) is 8.85. The standard InChI is InChI=1S/C14H22N2OS/c1-2-17-14-6-4-3-5-13(14)16-9-7-15(8-10-16)11-12-18/h3-6,18H,2,7-12H2,1H3. The van der Waals surface area contributed by atoms with E-state index in [1.807, 2.05) is 13.0 Å². The monoisotopic (exact) mass is 266 g/mol. The molecule has 4 heteroatoms. The van der Waals surface area contributed by atoms with Gasteiger partial charge in [0.15, 0.2) is 0 Å². The van der Waals surface area contributed by atoms with Crippen LogP contribution < -0.4 is 9.64 Å². The number of benzene rings is 1. The number of thiol groups is 1. The molecule has 0 aromatic heterocycles. The molecule has 100 valence electrons. The van der Waals surface area contributed by atoms with Gasteiger partial charge in [0, 0.05) is 38.5 Å². The highest BCUT2D eigenvalue weighted by Gasteiger charge is 2.18. The number of anilines is 1. The van der Waals surface area contributed by atoms with Crippen molar-refractivity contribution in [3.8, 4) is 5.75 Å². The highest BCUT2D eigenvalue weighted by Crippen LogP contribution is 2.28. The molecule has 3 nitrogen and oxygen atoms in total. The van der Waals surface area contributed by atoms with Crippen LogP contribution in [0.1, 0.15) is 6.92 Å². The molecule has 0 spiro atoms. The quantitative estimate of drug-likeness (QED) is 0.822. The molecule has 0 bridgehead atoms. The fraction of sp³-hybridized carbons (Fsp3) is 0.571. The van der Waals surface area contributed by atoms with Crippen molar-refractivity contribution in [2.75, 3.05) is 50.0 Å². The average Bonchev–Trinajstić information content (AvgIpc) is 2.41. The van der Waals surface area contributed by atoms with Gasteiger partial charge < -0.3 is 9.64 Å². The first kappa shape index (κ1) is 13.6. The Hall–Kier alpha value is -0.870. The van der Waals surface area contributed by atoms with Crippen molar-refractivity contribution in [2.45, 2.75) is 6.92 Å². The van der Waals surface area contributed by atoms with E-state index >= 15 is 0 Å². The molecule has 1 heterocycles. The molecule has 1 aromatic carbocycles. The highest BCUT2D eigenvalue weighted by molar-refractivity contribution is 7.80. The normalized spacial score (nSPS) is 16.9. The Morgan fingerprint density at radius 2 is 1.89 bits per heavy atom. The number of rotatable bonds is 5. The number of ether oxygens (including phenoxy) is 1. The van der Waals surface area contributed by atoms with Crippen LogP contribution in [0.25, 0.3) is 0 Å². The van der Waals surface area contributed by atoms with Crippen molar-refractivity contribution in [3.05, 3.63) is 24.3 Å². The third kappa shape index (κ3) is 3.33. The van der Waals surface area contributed by atoms with E-state index in [-0.39, 0.29) is 0 Å². The van der Waals surface area contributed by atoms with Gasteiger partial charge in [0.2, 0.25) is 0 Å². The molecular formula is C14H22N2OS. The predicted octanol–water partition coefficient (Wildman–Crippen LogP) is 2.14. The van der Waals surface area contributed by atoms with E-state index in [9.17, 15) is 0 Å². The van der Waals surface area contributed by atoms with Gasteiger partial charge in [-0.1, -0.05) is 12.1 Å². The number of hydrogen-bond acceptors (Lipinski definition) is 4. The fourth-order valence-electron chi connectivity index (χ4n) is 2.35. The van der Waals surface area contributed by atoms with Crippen LogP contribution in [-0.2, 0) is 0 Å². The third-order valence-electron chi connectivity index (χ3n) is 3.29. The van der Waals surface area contributed by atoms with Crippen LogP contribution in [-0.4, -0.2) is 50.0 Å². The van der Waals surface area contributed by atoms with Crippen molar-refractivity contribution in [1.82, 2.24) is 4.90 Å². The van der Waals surface area contributed by atoms with Crippen molar-refractivity contribution in [2.24, 2.45) is 0 Å². The van der Waals surface area contributed by atoms with Crippen LogP contribution in [0.2, 0.25) is 0 Å². The third-order valence-corrected chi connectivity index (χ3v) is 3.49. The largest absolute Gasteiger partial charge is 0.492 e. The van der Waals surface area contributed by atoms with Gasteiger partial charge in [-0.05, 0) is 19.1 Å². The van der Waals surface area contributed by atoms with Crippen molar-refractivity contribution in [1.29, 1.82) is 0 Å². The summed E-state index contributed by atoms with van der Waals surface area (Å²) in [5, 5.41) is 0. The van der Waals surface area contributed by atoms with Crippen LogP contribution in [0.5, 0.6) is 5.75 Å². The van der Waals surface area contributed by atoms with Gasteiger partial charge in [-0.3, -0.25) is 4.90 Å². The van der Waals surface area contributed by atoms with Crippen LogP contribution in [0.3, 0.4) is 0 Å². The smallest absolute Gasteiger partial charge is 0.142 e. The lowest BCUT2D eigenvalue weighted by molar-refractivity contribution is 0.271. The van der Waals surface area contributed by atoms with Gasteiger partial charge >= 0.3 is 0 Å². The summed E-state index contributed by atoms with van der Waals surface area (Å²) in [6.07, 6.45) is 0. The molecule has 1 fully saturated rings. The Morgan fingerprint density at radius 1 is 1.17 bits per heavy atom. The second kappa shape index (κ2) is 6.90. The van der Waals surface area contributed by atoms with Gasteiger partial charge in [-0.25, -0.2) is 0 Å². The van der Waals surface area contributed by atoms with E-state index < -0.39 is 0 Å². The lowest BCUT2D eigenvalue weighted by atomic mass is 10.2.